The normalized spacial score (nSPS) is 11.6. The molecule has 2 aromatic heterocycles. The predicted octanol–water partition coefficient (Wildman–Crippen LogP) is 4.86. The number of carbonyl (C=O) groups excluding carboxylic acids is 2. The molecule has 2 heterocycles. The zero-order valence-corrected chi connectivity index (χ0v) is 22.1. The van der Waals surface area contributed by atoms with Crippen molar-refractivity contribution < 1.29 is 28.2 Å². The number of nitrogens with zero attached hydrogens (tertiary/aromatic N) is 1. The van der Waals surface area contributed by atoms with Crippen LogP contribution in [0.1, 0.15) is 32.6 Å². The van der Waals surface area contributed by atoms with Crippen LogP contribution in [0.15, 0.2) is 39.8 Å². The molecule has 0 fully saturated rings. The van der Waals surface area contributed by atoms with Crippen LogP contribution in [-0.2, 0) is 14.3 Å². The Morgan fingerprint density at radius 2 is 1.84 bits per heavy atom. The van der Waals surface area contributed by atoms with E-state index < -0.39 is 17.6 Å². The van der Waals surface area contributed by atoms with Crippen LogP contribution in [0.3, 0.4) is 0 Å². The molecule has 0 saturated heterocycles. The van der Waals surface area contributed by atoms with Crippen molar-refractivity contribution in [3.05, 3.63) is 51.1 Å². The summed E-state index contributed by atoms with van der Waals surface area (Å²) >= 11 is 12.4. The molecule has 0 spiro atoms. The molecular weight excluding hydrogens is 525 g/mol. The molecular formula is C25H27Cl2N3O7. The molecule has 3 aromatic rings. The number of pyridine rings is 1. The van der Waals surface area contributed by atoms with Gasteiger partial charge in [0.05, 0.1) is 42.2 Å². The Hall–Kier alpha value is -3.50. The molecule has 1 unspecified atom stereocenters. The van der Waals surface area contributed by atoms with E-state index in [0.717, 1.165) is 0 Å². The van der Waals surface area contributed by atoms with E-state index in [1.54, 1.807) is 19.1 Å². The lowest BCUT2D eigenvalue weighted by Crippen LogP contribution is -2.38. The fourth-order valence-electron chi connectivity index (χ4n) is 3.54. The molecule has 10 nitrogen and oxygen atoms in total. The number of halogens is 2. The highest BCUT2D eigenvalue weighted by molar-refractivity contribution is 6.39. The van der Waals surface area contributed by atoms with Gasteiger partial charge in [0.2, 0.25) is 11.7 Å². The number of rotatable bonds is 12. The van der Waals surface area contributed by atoms with E-state index in [4.69, 9.17) is 37.1 Å². The van der Waals surface area contributed by atoms with E-state index >= 15 is 0 Å². The lowest BCUT2D eigenvalue weighted by atomic mass is 10.1. The molecule has 0 aliphatic heterocycles. The van der Waals surface area contributed by atoms with Crippen LogP contribution >= 0.6 is 23.2 Å². The highest BCUT2D eigenvalue weighted by Gasteiger charge is 2.18. The van der Waals surface area contributed by atoms with Crippen LogP contribution in [-0.4, -0.2) is 43.7 Å². The van der Waals surface area contributed by atoms with E-state index in [0.29, 0.717) is 48.4 Å². The SMILES string of the molecule is COC(=O)C(C)NC(=O)CCCCCOc1c(OC)ccc2c(Nc3c(Cl)cncc3Cl)cc(=O)oc12. The molecule has 12 heteroatoms. The molecule has 1 amide bonds. The van der Waals surface area contributed by atoms with E-state index in [1.165, 1.54) is 32.7 Å². The zero-order valence-electron chi connectivity index (χ0n) is 20.6. The molecule has 0 saturated carbocycles. The van der Waals surface area contributed by atoms with Crippen LogP contribution in [0.4, 0.5) is 11.4 Å². The first-order valence-electron chi connectivity index (χ1n) is 11.5. The fraction of sp³-hybridized carbons (Fsp3) is 0.360. The van der Waals surface area contributed by atoms with Gasteiger partial charge in [0.25, 0.3) is 0 Å². The van der Waals surface area contributed by atoms with Crippen LogP contribution in [0.25, 0.3) is 11.0 Å². The quantitative estimate of drug-likeness (QED) is 0.184. The number of aromatic nitrogens is 1. The van der Waals surface area contributed by atoms with Gasteiger partial charge in [-0.1, -0.05) is 23.2 Å². The van der Waals surface area contributed by atoms with Crippen LogP contribution in [0, 0.1) is 0 Å². The van der Waals surface area contributed by atoms with Gasteiger partial charge < -0.3 is 29.3 Å². The Bertz CT molecular complexity index is 1310. The van der Waals surface area contributed by atoms with Crippen molar-refractivity contribution in [1.29, 1.82) is 0 Å². The monoisotopic (exact) mass is 551 g/mol. The first kappa shape index (κ1) is 28.1. The third-order valence-corrected chi connectivity index (χ3v) is 5.96. The summed E-state index contributed by atoms with van der Waals surface area (Å²) in [5, 5.41) is 6.79. The van der Waals surface area contributed by atoms with Crippen molar-refractivity contribution in [1.82, 2.24) is 10.3 Å². The molecule has 0 aliphatic carbocycles. The lowest BCUT2D eigenvalue weighted by molar-refractivity contribution is -0.144. The number of anilines is 2. The molecule has 1 aromatic carbocycles. The average molecular weight is 552 g/mol. The van der Waals surface area contributed by atoms with Crippen molar-refractivity contribution in [3.63, 3.8) is 0 Å². The number of benzene rings is 1. The fourth-order valence-corrected chi connectivity index (χ4v) is 4.00. The highest BCUT2D eigenvalue weighted by Crippen LogP contribution is 2.40. The Morgan fingerprint density at radius 1 is 1.11 bits per heavy atom. The predicted molar refractivity (Wildman–Crippen MR) is 140 cm³/mol. The first-order valence-corrected chi connectivity index (χ1v) is 12.2. The second kappa shape index (κ2) is 13.2. The van der Waals surface area contributed by atoms with Gasteiger partial charge in [-0.3, -0.25) is 9.78 Å². The maximum atomic E-state index is 12.4. The number of hydrogen-bond acceptors (Lipinski definition) is 9. The minimum absolute atomic E-state index is 0.201. The first-order chi connectivity index (χ1) is 17.7. The van der Waals surface area contributed by atoms with Crippen LogP contribution in [0.5, 0.6) is 11.5 Å². The number of unbranched alkanes of at least 4 members (excludes halogenated alkanes) is 2. The maximum Gasteiger partial charge on any atom is 0.338 e. The van der Waals surface area contributed by atoms with Gasteiger partial charge in [-0.25, -0.2) is 9.59 Å². The van der Waals surface area contributed by atoms with Crippen molar-refractivity contribution in [3.8, 4) is 11.5 Å². The number of carbonyl (C=O) groups is 2. The summed E-state index contributed by atoms with van der Waals surface area (Å²) in [5.74, 6) is -0.0604. The summed E-state index contributed by atoms with van der Waals surface area (Å²) in [6.45, 7) is 1.85. The summed E-state index contributed by atoms with van der Waals surface area (Å²) in [7, 11) is 2.75. The molecule has 37 heavy (non-hydrogen) atoms. The molecule has 0 radical (unpaired) electrons. The Balaban J connectivity index is 1.68. The molecule has 0 aliphatic rings. The Labute approximate surface area is 223 Å². The molecule has 198 valence electrons. The van der Waals surface area contributed by atoms with Crippen LogP contribution < -0.4 is 25.7 Å². The number of hydrogen-bond donors (Lipinski definition) is 2. The summed E-state index contributed by atoms with van der Waals surface area (Å²) in [6, 6.07) is 4.02. The number of esters is 1. The van der Waals surface area contributed by atoms with Gasteiger partial charge in [0.1, 0.15) is 6.04 Å². The van der Waals surface area contributed by atoms with Gasteiger partial charge >= 0.3 is 11.6 Å². The summed E-state index contributed by atoms with van der Waals surface area (Å²) in [4.78, 5) is 39.7. The number of ether oxygens (including phenoxy) is 3. The smallest absolute Gasteiger partial charge is 0.338 e. The Kier molecular flexibility index (Phi) is 9.99. The minimum atomic E-state index is -0.695. The average Bonchev–Trinajstić information content (AvgIpc) is 2.87. The van der Waals surface area contributed by atoms with E-state index in [-0.39, 0.29) is 33.7 Å². The van der Waals surface area contributed by atoms with Gasteiger partial charge in [-0.15, -0.1) is 0 Å². The van der Waals surface area contributed by atoms with Crippen molar-refractivity contribution in [2.45, 2.75) is 38.6 Å². The van der Waals surface area contributed by atoms with Crippen molar-refractivity contribution in [2.75, 3.05) is 26.1 Å². The maximum absolute atomic E-state index is 12.4. The third-order valence-electron chi connectivity index (χ3n) is 5.39. The van der Waals surface area contributed by atoms with Gasteiger partial charge in [-0.2, -0.15) is 0 Å². The van der Waals surface area contributed by atoms with Gasteiger partial charge in [0.15, 0.2) is 11.3 Å². The number of amides is 1. The largest absolute Gasteiger partial charge is 0.493 e. The highest BCUT2D eigenvalue weighted by atomic mass is 35.5. The third kappa shape index (κ3) is 7.27. The van der Waals surface area contributed by atoms with Crippen LogP contribution in [0.2, 0.25) is 10.0 Å². The second-order valence-electron chi connectivity index (χ2n) is 8.03. The number of fused-ring (bicyclic) bond motifs is 1. The van der Waals surface area contributed by atoms with Crippen molar-refractivity contribution in [2.24, 2.45) is 0 Å². The summed E-state index contributed by atoms with van der Waals surface area (Å²) in [5.41, 5.74) is 0.405. The van der Waals surface area contributed by atoms with E-state index in [2.05, 4.69) is 20.4 Å². The Morgan fingerprint density at radius 3 is 2.51 bits per heavy atom. The van der Waals surface area contributed by atoms with E-state index in [9.17, 15) is 14.4 Å². The topological polar surface area (TPSA) is 129 Å². The molecule has 1 atom stereocenters. The molecule has 3 rings (SSSR count). The zero-order chi connectivity index (χ0) is 26.9. The number of methoxy groups -OCH3 is 2. The van der Waals surface area contributed by atoms with Crippen molar-refractivity contribution >= 4 is 57.4 Å². The number of nitrogens with one attached hydrogen (secondary N) is 2. The van der Waals surface area contributed by atoms with E-state index in [1.807, 2.05) is 0 Å². The lowest BCUT2D eigenvalue weighted by Gasteiger charge is -2.15. The van der Waals surface area contributed by atoms with Gasteiger partial charge in [0, 0.05) is 30.3 Å². The summed E-state index contributed by atoms with van der Waals surface area (Å²) < 4.78 is 21.4. The molecule has 2 N–H and O–H groups in total. The summed E-state index contributed by atoms with van der Waals surface area (Å²) in [6.07, 6.45) is 5.07. The molecule has 0 bridgehead atoms. The second-order valence-corrected chi connectivity index (χ2v) is 8.84. The van der Waals surface area contributed by atoms with Gasteiger partial charge in [-0.05, 0) is 38.3 Å². The standard InChI is InChI=1S/C25H27Cl2N3O7/c1-14(25(33)35-3)29-20(31)7-5-4-6-10-36-24-19(34-2)9-8-15-18(11-21(32)37-23(15)24)30-22-16(26)12-28-13-17(22)27/h8-9,11-14H,4-7,10H2,1-3H3,(H,28,30)(H,29,31). The minimum Gasteiger partial charge on any atom is -0.493 e.